The summed E-state index contributed by atoms with van der Waals surface area (Å²) in [5.74, 6) is 0.976. The third-order valence-corrected chi connectivity index (χ3v) is 5.48. The standard InChI is InChI=1S/C27H37NO8/c1-32-19-35-14-8-7-11-22(29)16-23(30)17-24(21-12-13-25(33-2)26(15-21)34-3)28-27(31)36-18-20-9-5-4-6-10-20/h4-6,9-10,12-13,15,23-24,30H,7-8,11,14,16-19H2,1-3H3,(H,28,31)/t23-,24-/m0/s1. The van der Waals surface area contributed by atoms with Gasteiger partial charge in [-0.15, -0.1) is 0 Å². The van der Waals surface area contributed by atoms with Gasteiger partial charge < -0.3 is 34.1 Å². The molecular formula is C27H37NO8. The van der Waals surface area contributed by atoms with Crippen molar-refractivity contribution in [2.75, 3.05) is 34.7 Å². The van der Waals surface area contributed by atoms with Gasteiger partial charge in [0.25, 0.3) is 0 Å². The lowest BCUT2D eigenvalue weighted by Crippen LogP contribution is -2.32. The molecule has 2 N–H and O–H groups in total. The number of rotatable bonds is 17. The number of carbonyl (C=O) groups is 2. The molecule has 0 saturated heterocycles. The Hall–Kier alpha value is -3.14. The van der Waals surface area contributed by atoms with E-state index in [0.29, 0.717) is 36.5 Å². The van der Waals surface area contributed by atoms with Crippen LogP contribution in [0.3, 0.4) is 0 Å². The van der Waals surface area contributed by atoms with E-state index >= 15 is 0 Å². The number of hydrogen-bond donors (Lipinski definition) is 2. The summed E-state index contributed by atoms with van der Waals surface area (Å²) in [6.45, 7) is 0.853. The molecule has 0 bridgehead atoms. The van der Waals surface area contributed by atoms with E-state index < -0.39 is 18.2 Å². The van der Waals surface area contributed by atoms with Crippen LogP contribution in [-0.4, -0.2) is 57.8 Å². The van der Waals surface area contributed by atoms with Crippen LogP contribution in [0.15, 0.2) is 48.5 Å². The fourth-order valence-electron chi connectivity index (χ4n) is 3.64. The minimum Gasteiger partial charge on any atom is -0.493 e. The minimum absolute atomic E-state index is 0.0105. The molecule has 2 rings (SSSR count). The highest BCUT2D eigenvalue weighted by Crippen LogP contribution is 2.31. The van der Waals surface area contributed by atoms with Crippen molar-refractivity contribution in [3.05, 3.63) is 59.7 Å². The van der Waals surface area contributed by atoms with Crippen LogP contribution < -0.4 is 14.8 Å². The van der Waals surface area contributed by atoms with E-state index in [-0.39, 0.29) is 32.0 Å². The predicted octanol–water partition coefficient (Wildman–Crippen LogP) is 4.17. The molecule has 9 heteroatoms. The SMILES string of the molecule is COCOCCCCC(=O)C[C@H](O)C[C@H](NC(=O)OCc1ccccc1)c1ccc(OC)c(OC)c1. The Morgan fingerprint density at radius 1 is 0.972 bits per heavy atom. The topological polar surface area (TPSA) is 113 Å². The number of ketones is 1. The Bertz CT molecular complexity index is 921. The van der Waals surface area contributed by atoms with Crippen molar-refractivity contribution in [2.24, 2.45) is 0 Å². The van der Waals surface area contributed by atoms with Crippen LogP contribution in [0.1, 0.15) is 49.3 Å². The van der Waals surface area contributed by atoms with Crippen LogP contribution in [-0.2, 0) is 25.6 Å². The number of ether oxygens (including phenoxy) is 5. The maximum absolute atomic E-state index is 12.6. The number of aliphatic hydroxyl groups is 1. The van der Waals surface area contributed by atoms with Crippen LogP contribution in [0.5, 0.6) is 11.5 Å². The molecule has 0 aromatic heterocycles. The molecule has 0 aliphatic heterocycles. The Labute approximate surface area is 212 Å². The van der Waals surface area contributed by atoms with Crippen molar-refractivity contribution in [1.82, 2.24) is 5.32 Å². The third-order valence-electron chi connectivity index (χ3n) is 5.48. The smallest absolute Gasteiger partial charge is 0.407 e. The van der Waals surface area contributed by atoms with E-state index in [1.807, 2.05) is 30.3 Å². The van der Waals surface area contributed by atoms with E-state index in [4.69, 9.17) is 23.7 Å². The van der Waals surface area contributed by atoms with Crippen molar-refractivity contribution in [1.29, 1.82) is 0 Å². The number of unbranched alkanes of at least 4 members (excludes halogenated alkanes) is 1. The molecule has 0 fully saturated rings. The van der Waals surface area contributed by atoms with Gasteiger partial charge in [0.05, 0.1) is 26.4 Å². The first-order chi connectivity index (χ1) is 17.5. The number of Topliss-reactive ketones (excluding diaryl/α,β-unsaturated/α-hetero) is 1. The number of benzene rings is 2. The van der Waals surface area contributed by atoms with Gasteiger partial charge in [-0.1, -0.05) is 36.4 Å². The molecule has 1 amide bonds. The van der Waals surface area contributed by atoms with Crippen molar-refractivity contribution >= 4 is 11.9 Å². The Kier molecular flexibility index (Phi) is 13.3. The largest absolute Gasteiger partial charge is 0.493 e. The Morgan fingerprint density at radius 2 is 1.72 bits per heavy atom. The van der Waals surface area contributed by atoms with Gasteiger partial charge in [-0.05, 0) is 42.5 Å². The molecule has 0 aliphatic rings. The number of carbonyl (C=O) groups excluding carboxylic acids is 2. The van der Waals surface area contributed by atoms with Crippen LogP contribution in [0.25, 0.3) is 0 Å². The van der Waals surface area contributed by atoms with Crippen LogP contribution in [0.2, 0.25) is 0 Å². The Balaban J connectivity index is 1.99. The van der Waals surface area contributed by atoms with Crippen molar-refractivity contribution in [2.45, 2.75) is 50.9 Å². The maximum atomic E-state index is 12.6. The summed E-state index contributed by atoms with van der Waals surface area (Å²) in [4.78, 5) is 24.9. The summed E-state index contributed by atoms with van der Waals surface area (Å²) in [7, 11) is 4.61. The quantitative estimate of drug-likeness (QED) is 0.244. The first kappa shape index (κ1) is 29.1. The molecule has 2 aromatic rings. The number of alkyl carbamates (subject to hydrolysis) is 1. The second kappa shape index (κ2) is 16.5. The van der Waals surface area contributed by atoms with Gasteiger partial charge >= 0.3 is 6.09 Å². The highest BCUT2D eigenvalue weighted by molar-refractivity contribution is 5.78. The van der Waals surface area contributed by atoms with Crippen molar-refractivity contribution < 1.29 is 38.4 Å². The zero-order valence-electron chi connectivity index (χ0n) is 21.2. The van der Waals surface area contributed by atoms with Crippen LogP contribution in [0.4, 0.5) is 4.79 Å². The van der Waals surface area contributed by atoms with E-state index in [0.717, 1.165) is 12.0 Å². The monoisotopic (exact) mass is 503 g/mol. The average Bonchev–Trinajstić information content (AvgIpc) is 2.89. The first-order valence-electron chi connectivity index (χ1n) is 11.9. The molecule has 0 saturated carbocycles. The average molecular weight is 504 g/mol. The normalized spacial score (nSPS) is 12.4. The van der Waals surface area contributed by atoms with Crippen LogP contribution >= 0.6 is 0 Å². The summed E-state index contributed by atoms with van der Waals surface area (Å²) in [5, 5.41) is 13.5. The lowest BCUT2D eigenvalue weighted by Gasteiger charge is -2.23. The molecule has 2 aromatic carbocycles. The molecule has 0 spiro atoms. The van der Waals surface area contributed by atoms with Gasteiger partial charge in [-0.2, -0.15) is 0 Å². The van der Waals surface area contributed by atoms with Crippen molar-refractivity contribution in [3.8, 4) is 11.5 Å². The van der Waals surface area contributed by atoms with E-state index in [2.05, 4.69) is 5.32 Å². The van der Waals surface area contributed by atoms with Gasteiger partial charge in [0.15, 0.2) is 11.5 Å². The molecule has 0 heterocycles. The maximum Gasteiger partial charge on any atom is 0.407 e. The molecule has 198 valence electrons. The predicted molar refractivity (Wildman–Crippen MR) is 134 cm³/mol. The van der Waals surface area contributed by atoms with E-state index in [1.54, 1.807) is 25.3 Å². The fraction of sp³-hybridized carbons (Fsp3) is 0.481. The van der Waals surface area contributed by atoms with Gasteiger partial charge in [0.1, 0.15) is 19.2 Å². The lowest BCUT2D eigenvalue weighted by atomic mass is 9.96. The number of amides is 1. The second-order valence-electron chi connectivity index (χ2n) is 8.28. The van der Waals surface area contributed by atoms with Gasteiger partial charge in [0.2, 0.25) is 0 Å². The van der Waals surface area contributed by atoms with E-state index in [9.17, 15) is 14.7 Å². The lowest BCUT2D eigenvalue weighted by molar-refractivity contribution is -0.121. The number of nitrogens with one attached hydrogen (secondary N) is 1. The summed E-state index contributed by atoms with van der Waals surface area (Å²) >= 11 is 0. The minimum atomic E-state index is -0.949. The number of methoxy groups -OCH3 is 3. The van der Waals surface area contributed by atoms with Gasteiger partial charge in [-0.3, -0.25) is 4.79 Å². The Morgan fingerprint density at radius 3 is 2.42 bits per heavy atom. The summed E-state index contributed by atoms with van der Waals surface area (Å²) in [6, 6.07) is 13.9. The third kappa shape index (κ3) is 10.6. The number of aliphatic hydroxyl groups excluding tert-OH is 1. The molecule has 0 unspecified atom stereocenters. The van der Waals surface area contributed by atoms with Gasteiger partial charge in [0, 0.05) is 26.6 Å². The number of hydrogen-bond acceptors (Lipinski definition) is 8. The molecular weight excluding hydrogens is 466 g/mol. The zero-order valence-corrected chi connectivity index (χ0v) is 21.2. The van der Waals surface area contributed by atoms with Crippen molar-refractivity contribution in [3.63, 3.8) is 0 Å². The molecule has 0 radical (unpaired) electrons. The summed E-state index contributed by atoms with van der Waals surface area (Å²) < 4.78 is 26.1. The summed E-state index contributed by atoms with van der Waals surface area (Å²) in [6.07, 6.45) is 0.276. The molecule has 36 heavy (non-hydrogen) atoms. The molecule has 9 nitrogen and oxygen atoms in total. The van der Waals surface area contributed by atoms with Gasteiger partial charge in [-0.25, -0.2) is 4.79 Å². The second-order valence-corrected chi connectivity index (χ2v) is 8.28. The van der Waals surface area contributed by atoms with E-state index in [1.165, 1.54) is 14.2 Å². The highest BCUT2D eigenvalue weighted by atomic mass is 16.7. The molecule has 2 atom stereocenters. The highest BCUT2D eigenvalue weighted by Gasteiger charge is 2.23. The zero-order chi connectivity index (χ0) is 26.2. The fourth-order valence-corrected chi connectivity index (χ4v) is 3.64. The summed E-state index contributed by atoms with van der Waals surface area (Å²) in [5.41, 5.74) is 1.54. The van der Waals surface area contributed by atoms with Crippen LogP contribution in [0, 0.1) is 0 Å². The first-order valence-corrected chi connectivity index (χ1v) is 11.9. The molecule has 0 aliphatic carbocycles.